The summed E-state index contributed by atoms with van der Waals surface area (Å²) in [5, 5.41) is 0. The molecule has 26 heavy (non-hydrogen) atoms. The average molecular weight is 379 g/mol. The van der Waals surface area contributed by atoms with Crippen molar-refractivity contribution in [1.29, 1.82) is 0 Å². The molecule has 0 heterocycles. The Morgan fingerprint density at radius 1 is 0.885 bits per heavy atom. The standard InChI is InChI=1S/C19H25NO5S/c1-20(26(21,22)11-10-15-8-6-5-7-9-15)14-16-12-17(23-2)19(25-4)18(13-16)24-3/h5-9,12-13H,10-11,14H2,1-4H3. The van der Waals surface area contributed by atoms with Crippen molar-refractivity contribution in [2.75, 3.05) is 34.1 Å². The van der Waals surface area contributed by atoms with Crippen LogP contribution in [-0.4, -0.2) is 46.9 Å². The summed E-state index contributed by atoms with van der Waals surface area (Å²) in [7, 11) is 2.77. The van der Waals surface area contributed by atoms with E-state index in [0.717, 1.165) is 11.1 Å². The summed E-state index contributed by atoms with van der Waals surface area (Å²) < 4.78 is 42.4. The summed E-state index contributed by atoms with van der Waals surface area (Å²) in [6.45, 7) is 0.216. The van der Waals surface area contributed by atoms with Crippen LogP contribution in [0.25, 0.3) is 0 Å². The van der Waals surface area contributed by atoms with E-state index in [2.05, 4.69) is 0 Å². The summed E-state index contributed by atoms with van der Waals surface area (Å²) in [5.74, 6) is 1.53. The highest BCUT2D eigenvalue weighted by Gasteiger charge is 2.20. The van der Waals surface area contributed by atoms with E-state index >= 15 is 0 Å². The maximum absolute atomic E-state index is 12.6. The zero-order valence-electron chi connectivity index (χ0n) is 15.6. The zero-order chi connectivity index (χ0) is 19.2. The van der Waals surface area contributed by atoms with E-state index in [-0.39, 0.29) is 12.3 Å². The third-order valence-corrected chi connectivity index (χ3v) is 5.89. The molecule has 6 nitrogen and oxygen atoms in total. The van der Waals surface area contributed by atoms with Crippen molar-refractivity contribution < 1.29 is 22.6 Å². The van der Waals surface area contributed by atoms with Crippen LogP contribution in [0.5, 0.6) is 17.2 Å². The monoisotopic (exact) mass is 379 g/mol. The van der Waals surface area contributed by atoms with E-state index < -0.39 is 10.0 Å². The van der Waals surface area contributed by atoms with Gasteiger partial charge in [-0.15, -0.1) is 0 Å². The van der Waals surface area contributed by atoms with E-state index in [1.54, 1.807) is 19.2 Å². The highest BCUT2D eigenvalue weighted by Crippen LogP contribution is 2.38. The maximum atomic E-state index is 12.6. The van der Waals surface area contributed by atoms with Gasteiger partial charge >= 0.3 is 0 Å². The largest absolute Gasteiger partial charge is 0.493 e. The minimum atomic E-state index is -3.39. The number of ether oxygens (including phenoxy) is 3. The van der Waals surface area contributed by atoms with Gasteiger partial charge in [0, 0.05) is 13.6 Å². The van der Waals surface area contributed by atoms with Gasteiger partial charge in [0.05, 0.1) is 27.1 Å². The fourth-order valence-electron chi connectivity index (χ4n) is 2.63. The number of sulfonamides is 1. The Hall–Kier alpha value is -2.25. The molecule has 0 spiro atoms. The molecular weight excluding hydrogens is 354 g/mol. The summed E-state index contributed by atoms with van der Waals surface area (Å²) in [6.07, 6.45) is 0.475. The number of rotatable bonds is 9. The number of aryl methyl sites for hydroxylation is 1. The normalized spacial score (nSPS) is 11.4. The molecule has 2 rings (SSSR count). The first kappa shape index (κ1) is 20.1. The van der Waals surface area contributed by atoms with Gasteiger partial charge in [-0.3, -0.25) is 0 Å². The Bertz CT molecular complexity index is 796. The first-order valence-electron chi connectivity index (χ1n) is 8.18. The Morgan fingerprint density at radius 3 is 1.96 bits per heavy atom. The number of nitrogens with zero attached hydrogens (tertiary/aromatic N) is 1. The highest BCUT2D eigenvalue weighted by atomic mass is 32.2. The lowest BCUT2D eigenvalue weighted by Gasteiger charge is -2.19. The van der Waals surface area contributed by atoms with E-state index in [0.29, 0.717) is 23.7 Å². The third-order valence-electron chi connectivity index (χ3n) is 4.10. The second-order valence-corrected chi connectivity index (χ2v) is 8.04. The molecule has 0 atom stereocenters. The molecule has 2 aromatic rings. The molecule has 7 heteroatoms. The maximum Gasteiger partial charge on any atom is 0.214 e. The van der Waals surface area contributed by atoms with Crippen LogP contribution in [0.3, 0.4) is 0 Å². The van der Waals surface area contributed by atoms with Crippen molar-refractivity contribution in [1.82, 2.24) is 4.31 Å². The first-order chi connectivity index (χ1) is 12.4. The van der Waals surface area contributed by atoms with Crippen molar-refractivity contribution in [2.45, 2.75) is 13.0 Å². The van der Waals surface area contributed by atoms with Crippen LogP contribution in [0, 0.1) is 0 Å². The van der Waals surface area contributed by atoms with E-state index in [9.17, 15) is 8.42 Å². The third kappa shape index (κ3) is 4.89. The smallest absolute Gasteiger partial charge is 0.214 e. The van der Waals surface area contributed by atoms with Gasteiger partial charge in [-0.25, -0.2) is 12.7 Å². The second-order valence-electron chi connectivity index (χ2n) is 5.84. The van der Waals surface area contributed by atoms with Crippen LogP contribution >= 0.6 is 0 Å². The first-order valence-corrected chi connectivity index (χ1v) is 9.79. The van der Waals surface area contributed by atoms with Gasteiger partial charge in [-0.05, 0) is 29.7 Å². The Balaban J connectivity index is 2.13. The molecule has 0 fully saturated rings. The quantitative estimate of drug-likeness (QED) is 0.670. The molecule has 0 amide bonds. The molecule has 0 aliphatic rings. The lowest BCUT2D eigenvalue weighted by molar-refractivity contribution is 0.323. The highest BCUT2D eigenvalue weighted by molar-refractivity contribution is 7.89. The topological polar surface area (TPSA) is 65.1 Å². The number of hydrogen-bond acceptors (Lipinski definition) is 5. The summed E-state index contributed by atoms with van der Waals surface area (Å²) in [5.41, 5.74) is 1.75. The van der Waals surface area contributed by atoms with Crippen LogP contribution in [0.4, 0.5) is 0 Å². The van der Waals surface area contributed by atoms with Gasteiger partial charge in [0.15, 0.2) is 11.5 Å². The van der Waals surface area contributed by atoms with Crippen molar-refractivity contribution in [3.63, 3.8) is 0 Å². The SMILES string of the molecule is COc1cc(CN(C)S(=O)(=O)CCc2ccccc2)cc(OC)c1OC. The molecule has 0 unspecified atom stereocenters. The molecular formula is C19H25NO5S. The van der Waals surface area contributed by atoms with Crippen LogP contribution in [0.1, 0.15) is 11.1 Å². The Labute approximate surface area is 155 Å². The van der Waals surface area contributed by atoms with Crippen molar-refractivity contribution >= 4 is 10.0 Å². The van der Waals surface area contributed by atoms with Crippen LogP contribution < -0.4 is 14.2 Å². The van der Waals surface area contributed by atoms with Crippen LogP contribution in [0.15, 0.2) is 42.5 Å². The van der Waals surface area contributed by atoms with Crippen molar-refractivity contribution in [3.8, 4) is 17.2 Å². The molecule has 0 saturated carbocycles. The van der Waals surface area contributed by atoms with Crippen molar-refractivity contribution in [2.24, 2.45) is 0 Å². The van der Waals surface area contributed by atoms with Gasteiger partial charge < -0.3 is 14.2 Å². The second kappa shape index (κ2) is 8.91. The number of benzene rings is 2. The fourth-order valence-corrected chi connectivity index (χ4v) is 3.78. The van der Waals surface area contributed by atoms with Gasteiger partial charge in [0.2, 0.25) is 15.8 Å². The lowest BCUT2D eigenvalue weighted by atomic mass is 10.2. The number of hydrogen-bond donors (Lipinski definition) is 0. The Kier molecular flexibility index (Phi) is 6.88. The molecule has 0 aromatic heterocycles. The van der Waals surface area contributed by atoms with Crippen molar-refractivity contribution in [3.05, 3.63) is 53.6 Å². The van der Waals surface area contributed by atoms with Crippen LogP contribution in [-0.2, 0) is 23.0 Å². The minimum absolute atomic E-state index is 0.0535. The molecule has 2 aromatic carbocycles. The summed E-state index contributed by atoms with van der Waals surface area (Å²) in [4.78, 5) is 0. The lowest BCUT2D eigenvalue weighted by Crippen LogP contribution is -2.29. The van der Waals surface area contributed by atoms with E-state index in [1.165, 1.54) is 25.6 Å². The average Bonchev–Trinajstić information content (AvgIpc) is 2.66. The van der Waals surface area contributed by atoms with Gasteiger partial charge in [0.1, 0.15) is 0 Å². The van der Waals surface area contributed by atoms with E-state index in [4.69, 9.17) is 14.2 Å². The predicted molar refractivity (Wildman–Crippen MR) is 101 cm³/mol. The molecule has 0 aliphatic heterocycles. The zero-order valence-corrected chi connectivity index (χ0v) is 16.4. The van der Waals surface area contributed by atoms with Gasteiger partial charge in [-0.1, -0.05) is 30.3 Å². The molecule has 142 valence electrons. The summed E-state index contributed by atoms with van der Waals surface area (Å²) >= 11 is 0. The summed E-state index contributed by atoms with van der Waals surface area (Å²) in [6, 6.07) is 13.1. The molecule has 0 radical (unpaired) electrons. The molecule has 0 saturated heterocycles. The molecule has 0 N–H and O–H groups in total. The fraction of sp³-hybridized carbons (Fsp3) is 0.368. The molecule has 0 aliphatic carbocycles. The Morgan fingerprint density at radius 2 is 1.46 bits per heavy atom. The predicted octanol–water partition coefficient (Wildman–Crippen LogP) is 2.72. The van der Waals surface area contributed by atoms with Crippen LogP contribution in [0.2, 0.25) is 0 Å². The van der Waals surface area contributed by atoms with Gasteiger partial charge in [0.25, 0.3) is 0 Å². The minimum Gasteiger partial charge on any atom is -0.493 e. The van der Waals surface area contributed by atoms with Gasteiger partial charge in [-0.2, -0.15) is 0 Å². The number of methoxy groups -OCH3 is 3. The molecule has 0 bridgehead atoms. The van der Waals surface area contributed by atoms with E-state index in [1.807, 2.05) is 30.3 Å².